The van der Waals surface area contributed by atoms with E-state index in [1.165, 1.54) is 6.07 Å². The van der Waals surface area contributed by atoms with E-state index in [4.69, 9.17) is 21.1 Å². The lowest BCUT2D eigenvalue weighted by Crippen LogP contribution is -2.27. The fourth-order valence-electron chi connectivity index (χ4n) is 3.27. The van der Waals surface area contributed by atoms with Crippen LogP contribution in [0.4, 0.5) is 14.9 Å². The predicted molar refractivity (Wildman–Crippen MR) is 136 cm³/mol. The molecule has 0 bridgehead atoms. The summed E-state index contributed by atoms with van der Waals surface area (Å²) in [7, 11) is 0. The van der Waals surface area contributed by atoms with Crippen LogP contribution in [0, 0.1) is 5.82 Å². The highest BCUT2D eigenvalue weighted by Gasteiger charge is 2.36. The maximum atomic E-state index is 14.0. The first-order valence-electron chi connectivity index (χ1n) is 10.2. The van der Waals surface area contributed by atoms with E-state index in [0.29, 0.717) is 44.4 Å². The number of anilines is 1. The normalized spacial score (nSPS) is 14.7. The zero-order valence-corrected chi connectivity index (χ0v) is 21.0. The van der Waals surface area contributed by atoms with Crippen LogP contribution in [0.25, 0.3) is 6.08 Å². The summed E-state index contributed by atoms with van der Waals surface area (Å²) in [6.45, 7) is 2.22. The maximum absolute atomic E-state index is 14.0. The number of ether oxygens (including phenoxy) is 2. The smallest absolute Gasteiger partial charge is 0.298 e. The SMILES string of the molecule is CCOc1cc(/C=C2/SC(=O)N(c3ccc(Cl)cc3)C2=O)cc(Br)c1OCc1ccccc1F. The van der Waals surface area contributed by atoms with Gasteiger partial charge in [-0.15, -0.1) is 0 Å². The zero-order chi connectivity index (χ0) is 24.2. The van der Waals surface area contributed by atoms with Gasteiger partial charge >= 0.3 is 0 Å². The second kappa shape index (κ2) is 10.6. The van der Waals surface area contributed by atoms with Crippen LogP contribution in [0.3, 0.4) is 0 Å². The van der Waals surface area contributed by atoms with Crippen molar-refractivity contribution in [2.24, 2.45) is 0 Å². The van der Waals surface area contributed by atoms with E-state index in [0.717, 1.165) is 16.7 Å². The molecule has 34 heavy (non-hydrogen) atoms. The highest BCUT2D eigenvalue weighted by atomic mass is 79.9. The van der Waals surface area contributed by atoms with Crippen LogP contribution in [-0.4, -0.2) is 17.8 Å². The second-order valence-electron chi connectivity index (χ2n) is 7.14. The molecule has 174 valence electrons. The average molecular weight is 563 g/mol. The lowest BCUT2D eigenvalue weighted by Gasteiger charge is -2.15. The van der Waals surface area contributed by atoms with Crippen LogP contribution in [0.1, 0.15) is 18.1 Å². The highest BCUT2D eigenvalue weighted by Crippen LogP contribution is 2.40. The summed E-state index contributed by atoms with van der Waals surface area (Å²) in [5.74, 6) is 0.0591. The molecule has 0 atom stereocenters. The Kier molecular flexibility index (Phi) is 7.60. The van der Waals surface area contributed by atoms with Gasteiger partial charge in [-0.3, -0.25) is 9.59 Å². The zero-order valence-electron chi connectivity index (χ0n) is 17.9. The predicted octanol–water partition coefficient (Wildman–Crippen LogP) is 7.46. The molecule has 1 aliphatic heterocycles. The number of hydrogen-bond acceptors (Lipinski definition) is 5. The van der Waals surface area contributed by atoms with Crippen LogP contribution in [0.2, 0.25) is 5.02 Å². The molecule has 0 unspecified atom stereocenters. The van der Waals surface area contributed by atoms with Crippen LogP contribution in [0.15, 0.2) is 70.0 Å². The number of carbonyl (C=O) groups excluding carboxylic acids is 2. The number of nitrogens with zero attached hydrogens (tertiary/aromatic N) is 1. The standard InChI is InChI=1S/C25H18BrClFNO4S/c1-2-32-21-12-15(11-19(26)23(21)33-14-16-5-3-4-6-20(16)28)13-22-24(30)29(25(31)34-22)18-9-7-17(27)8-10-18/h3-13H,2,14H2,1H3/b22-13+. The first-order valence-corrected chi connectivity index (χ1v) is 12.2. The largest absolute Gasteiger partial charge is 0.490 e. The van der Waals surface area contributed by atoms with Crippen molar-refractivity contribution in [1.29, 1.82) is 0 Å². The van der Waals surface area contributed by atoms with Gasteiger partial charge in [0.05, 0.1) is 21.7 Å². The molecule has 0 radical (unpaired) electrons. The van der Waals surface area contributed by atoms with Crippen LogP contribution >= 0.6 is 39.3 Å². The topological polar surface area (TPSA) is 55.8 Å². The van der Waals surface area contributed by atoms with Crippen molar-refractivity contribution < 1.29 is 23.5 Å². The molecule has 1 fully saturated rings. The van der Waals surface area contributed by atoms with Gasteiger partial charge in [0.15, 0.2) is 11.5 Å². The first-order chi connectivity index (χ1) is 16.4. The van der Waals surface area contributed by atoms with Crippen LogP contribution in [0.5, 0.6) is 11.5 Å². The molecule has 1 saturated heterocycles. The molecule has 3 aromatic carbocycles. The Morgan fingerprint density at radius 2 is 1.82 bits per heavy atom. The molecule has 4 rings (SSSR count). The number of carbonyl (C=O) groups is 2. The minimum atomic E-state index is -0.425. The molecule has 0 spiro atoms. The average Bonchev–Trinajstić information content (AvgIpc) is 3.08. The number of benzene rings is 3. The van der Waals surface area contributed by atoms with E-state index in [1.54, 1.807) is 60.7 Å². The van der Waals surface area contributed by atoms with E-state index in [1.807, 2.05) is 6.92 Å². The van der Waals surface area contributed by atoms with E-state index in [-0.39, 0.29) is 17.3 Å². The fourth-order valence-corrected chi connectivity index (χ4v) is 4.81. The van der Waals surface area contributed by atoms with Gasteiger partial charge in [0, 0.05) is 10.6 Å². The molecule has 1 heterocycles. The number of halogens is 3. The number of thioether (sulfide) groups is 1. The molecule has 0 N–H and O–H groups in total. The van der Waals surface area contributed by atoms with Gasteiger partial charge in [-0.25, -0.2) is 9.29 Å². The number of hydrogen-bond donors (Lipinski definition) is 0. The second-order valence-corrected chi connectivity index (χ2v) is 9.42. The molecule has 5 nitrogen and oxygen atoms in total. The van der Waals surface area contributed by atoms with Gasteiger partial charge < -0.3 is 9.47 Å². The van der Waals surface area contributed by atoms with E-state index in [2.05, 4.69) is 15.9 Å². The summed E-state index contributed by atoms with van der Waals surface area (Å²) in [5.41, 5.74) is 1.50. The quantitative estimate of drug-likeness (QED) is 0.280. The molecule has 2 amide bonds. The van der Waals surface area contributed by atoms with Crippen molar-refractivity contribution in [3.05, 3.63) is 92.0 Å². The van der Waals surface area contributed by atoms with Crippen molar-refractivity contribution in [2.75, 3.05) is 11.5 Å². The molecule has 0 aliphatic carbocycles. The molecular weight excluding hydrogens is 545 g/mol. The third-order valence-corrected chi connectivity index (χ3v) is 6.55. The van der Waals surface area contributed by atoms with Crippen molar-refractivity contribution in [2.45, 2.75) is 13.5 Å². The van der Waals surface area contributed by atoms with Crippen molar-refractivity contribution in [1.82, 2.24) is 0 Å². The third-order valence-electron chi connectivity index (χ3n) is 4.84. The molecule has 1 aliphatic rings. The summed E-state index contributed by atoms with van der Waals surface area (Å²) in [5, 5.41) is 0.115. The Bertz CT molecular complexity index is 1280. The van der Waals surface area contributed by atoms with Gasteiger partial charge in [-0.2, -0.15) is 0 Å². The monoisotopic (exact) mass is 561 g/mol. The molecule has 9 heteroatoms. The Morgan fingerprint density at radius 3 is 2.53 bits per heavy atom. The summed E-state index contributed by atoms with van der Waals surface area (Å²) >= 11 is 10.2. The minimum Gasteiger partial charge on any atom is -0.490 e. The van der Waals surface area contributed by atoms with Gasteiger partial charge in [-0.05, 0) is 88.7 Å². The van der Waals surface area contributed by atoms with E-state index >= 15 is 0 Å². The van der Waals surface area contributed by atoms with Crippen molar-refractivity contribution in [3.63, 3.8) is 0 Å². The molecule has 3 aromatic rings. The maximum Gasteiger partial charge on any atom is 0.298 e. The first kappa shape index (κ1) is 24.3. The van der Waals surface area contributed by atoms with Gasteiger partial charge in [0.1, 0.15) is 12.4 Å². The fraction of sp³-hybridized carbons (Fsp3) is 0.120. The molecular formula is C25H18BrClFNO4S. The lowest BCUT2D eigenvalue weighted by molar-refractivity contribution is -0.113. The van der Waals surface area contributed by atoms with Gasteiger partial charge in [0.25, 0.3) is 11.1 Å². The van der Waals surface area contributed by atoms with Gasteiger partial charge in [-0.1, -0.05) is 29.8 Å². The Hall–Kier alpha value is -2.81. The summed E-state index contributed by atoms with van der Waals surface area (Å²) < 4.78 is 26.1. The van der Waals surface area contributed by atoms with E-state index < -0.39 is 11.1 Å². The summed E-state index contributed by atoms with van der Waals surface area (Å²) in [4.78, 5) is 26.8. The Morgan fingerprint density at radius 1 is 1.09 bits per heavy atom. The van der Waals surface area contributed by atoms with E-state index in [9.17, 15) is 14.0 Å². The van der Waals surface area contributed by atoms with Crippen molar-refractivity contribution >= 4 is 62.2 Å². The number of amides is 2. The molecule has 0 saturated carbocycles. The summed E-state index contributed by atoms with van der Waals surface area (Å²) in [6, 6.07) is 16.3. The third kappa shape index (κ3) is 5.29. The van der Waals surface area contributed by atoms with Crippen molar-refractivity contribution in [3.8, 4) is 11.5 Å². The highest BCUT2D eigenvalue weighted by molar-refractivity contribution is 9.10. The Labute approximate surface area is 213 Å². The van der Waals surface area contributed by atoms with Crippen LogP contribution < -0.4 is 14.4 Å². The molecule has 0 aromatic heterocycles. The van der Waals surface area contributed by atoms with Gasteiger partial charge in [0.2, 0.25) is 0 Å². The summed E-state index contributed by atoms with van der Waals surface area (Å²) in [6.07, 6.45) is 1.62. The van der Waals surface area contributed by atoms with Crippen LogP contribution in [-0.2, 0) is 11.4 Å². The minimum absolute atomic E-state index is 0.0185. The lowest BCUT2D eigenvalue weighted by atomic mass is 10.1. The number of rotatable bonds is 7. The number of imide groups is 1. The Balaban J connectivity index is 1.60.